The van der Waals surface area contributed by atoms with Crippen LogP contribution in [-0.4, -0.2) is 24.4 Å². The second kappa shape index (κ2) is 5.84. The number of carbonyl (C=O) groups is 2. The fourth-order valence-electron chi connectivity index (χ4n) is 2.30. The summed E-state index contributed by atoms with van der Waals surface area (Å²) in [5.41, 5.74) is 8.08. The number of hydrogen-bond acceptors (Lipinski definition) is 3. The van der Waals surface area contributed by atoms with Crippen LogP contribution in [0, 0.1) is 6.92 Å². The Morgan fingerprint density at radius 3 is 2.89 bits per heavy atom. The molecule has 0 radical (unpaired) electrons. The van der Waals surface area contributed by atoms with Crippen LogP contribution in [-0.2, 0) is 9.59 Å². The Labute approximate surface area is 112 Å². The summed E-state index contributed by atoms with van der Waals surface area (Å²) in [7, 11) is 0. The maximum absolute atomic E-state index is 11.9. The molecule has 5 nitrogen and oxygen atoms in total. The van der Waals surface area contributed by atoms with Gasteiger partial charge in [-0.2, -0.15) is 0 Å². The van der Waals surface area contributed by atoms with E-state index in [1.807, 2.05) is 31.2 Å². The number of rotatable bonds is 4. The number of amides is 2. The van der Waals surface area contributed by atoms with Crippen LogP contribution in [0.4, 0.5) is 0 Å². The lowest BCUT2D eigenvalue weighted by Crippen LogP contribution is -2.41. The lowest BCUT2D eigenvalue weighted by atomic mass is 9.99. The zero-order chi connectivity index (χ0) is 13.8. The molecule has 0 saturated carbocycles. The second-order valence-corrected chi connectivity index (χ2v) is 4.87. The van der Waals surface area contributed by atoms with Gasteiger partial charge in [0.25, 0.3) is 0 Å². The third-order valence-electron chi connectivity index (χ3n) is 3.38. The molecule has 0 aromatic heterocycles. The highest BCUT2D eigenvalue weighted by Crippen LogP contribution is 2.18. The molecule has 0 aliphatic carbocycles. The van der Waals surface area contributed by atoms with Gasteiger partial charge in [0.2, 0.25) is 11.8 Å². The molecule has 102 valence electrons. The topological polar surface area (TPSA) is 84.2 Å². The molecule has 2 atom stereocenters. The van der Waals surface area contributed by atoms with Gasteiger partial charge in [0, 0.05) is 19.0 Å². The minimum atomic E-state index is -0.406. The van der Waals surface area contributed by atoms with E-state index in [2.05, 4.69) is 10.6 Å². The normalized spacial score (nSPS) is 19.9. The third-order valence-corrected chi connectivity index (χ3v) is 3.38. The van der Waals surface area contributed by atoms with E-state index in [4.69, 9.17) is 5.73 Å². The highest BCUT2D eigenvalue weighted by molar-refractivity contribution is 5.89. The van der Waals surface area contributed by atoms with Crippen LogP contribution in [0.25, 0.3) is 0 Å². The zero-order valence-electron chi connectivity index (χ0n) is 11.0. The lowest BCUT2D eigenvalue weighted by Gasteiger charge is -2.16. The van der Waals surface area contributed by atoms with Gasteiger partial charge in [-0.1, -0.05) is 24.3 Å². The monoisotopic (exact) mass is 261 g/mol. The Balaban J connectivity index is 1.92. The first kappa shape index (κ1) is 13.5. The van der Waals surface area contributed by atoms with Crippen LogP contribution in [0.2, 0.25) is 0 Å². The Morgan fingerprint density at radius 2 is 2.26 bits per heavy atom. The van der Waals surface area contributed by atoms with Crippen molar-refractivity contribution < 1.29 is 9.59 Å². The largest absolute Gasteiger partial charge is 0.354 e. The highest BCUT2D eigenvalue weighted by atomic mass is 16.2. The zero-order valence-corrected chi connectivity index (χ0v) is 11.0. The average Bonchev–Trinajstić information content (AvgIpc) is 2.75. The molecule has 0 bridgehead atoms. The third kappa shape index (κ3) is 3.32. The average molecular weight is 261 g/mol. The predicted octanol–water partition coefficient (Wildman–Crippen LogP) is 0.390. The second-order valence-electron chi connectivity index (χ2n) is 4.87. The van der Waals surface area contributed by atoms with E-state index in [9.17, 15) is 9.59 Å². The number of benzene rings is 1. The van der Waals surface area contributed by atoms with Gasteiger partial charge in [0.15, 0.2) is 0 Å². The summed E-state index contributed by atoms with van der Waals surface area (Å²) >= 11 is 0. The Kier molecular flexibility index (Phi) is 4.16. The van der Waals surface area contributed by atoms with Gasteiger partial charge in [0.1, 0.15) is 6.04 Å². The van der Waals surface area contributed by atoms with Gasteiger partial charge in [-0.05, 0) is 24.5 Å². The van der Waals surface area contributed by atoms with Crippen molar-refractivity contribution in [1.82, 2.24) is 10.6 Å². The van der Waals surface area contributed by atoms with E-state index in [0.717, 1.165) is 11.1 Å². The predicted molar refractivity (Wildman–Crippen MR) is 72.3 cm³/mol. The number of hydrogen-bond donors (Lipinski definition) is 3. The standard InChI is InChI=1S/C14H19N3O2/c1-9-4-2-3-5-10(9)11(15)8-13(18)17-12-6-7-16-14(12)19/h2-5,11-12H,6-8,15H2,1H3,(H,16,19)(H,17,18)/t11-,12?/m0/s1. The van der Waals surface area contributed by atoms with E-state index in [1.165, 1.54) is 0 Å². The molecule has 1 aliphatic heterocycles. The van der Waals surface area contributed by atoms with Crippen molar-refractivity contribution in [3.8, 4) is 0 Å². The molecular weight excluding hydrogens is 242 g/mol. The summed E-state index contributed by atoms with van der Waals surface area (Å²) in [6.07, 6.45) is 0.832. The van der Waals surface area contributed by atoms with Crippen molar-refractivity contribution >= 4 is 11.8 Å². The van der Waals surface area contributed by atoms with Crippen molar-refractivity contribution in [2.75, 3.05) is 6.54 Å². The molecule has 0 spiro atoms. The molecule has 1 aliphatic rings. The minimum Gasteiger partial charge on any atom is -0.354 e. The van der Waals surface area contributed by atoms with Gasteiger partial charge < -0.3 is 16.4 Å². The summed E-state index contributed by atoms with van der Waals surface area (Å²) in [6, 6.07) is 6.99. The lowest BCUT2D eigenvalue weighted by molar-refractivity contribution is -0.127. The maximum Gasteiger partial charge on any atom is 0.242 e. The van der Waals surface area contributed by atoms with Crippen molar-refractivity contribution in [2.45, 2.75) is 31.8 Å². The SMILES string of the molecule is Cc1ccccc1[C@@H](N)CC(=O)NC1CCNC1=O. The van der Waals surface area contributed by atoms with Gasteiger partial charge in [0.05, 0.1) is 0 Å². The first-order valence-electron chi connectivity index (χ1n) is 6.46. The fourth-order valence-corrected chi connectivity index (χ4v) is 2.30. The molecule has 1 fully saturated rings. The summed E-state index contributed by atoms with van der Waals surface area (Å²) in [4.78, 5) is 23.2. The van der Waals surface area contributed by atoms with Crippen LogP contribution in [0.3, 0.4) is 0 Å². The number of aryl methyl sites for hydroxylation is 1. The Bertz CT molecular complexity index is 487. The molecule has 1 saturated heterocycles. The smallest absolute Gasteiger partial charge is 0.242 e. The van der Waals surface area contributed by atoms with Crippen LogP contribution < -0.4 is 16.4 Å². The molecule has 2 amide bonds. The van der Waals surface area contributed by atoms with E-state index in [1.54, 1.807) is 0 Å². The number of nitrogens with one attached hydrogen (secondary N) is 2. The van der Waals surface area contributed by atoms with Crippen molar-refractivity contribution in [3.05, 3.63) is 35.4 Å². The Hall–Kier alpha value is -1.88. The van der Waals surface area contributed by atoms with Crippen molar-refractivity contribution in [1.29, 1.82) is 0 Å². The van der Waals surface area contributed by atoms with Gasteiger partial charge >= 0.3 is 0 Å². The van der Waals surface area contributed by atoms with Gasteiger partial charge in [-0.15, -0.1) is 0 Å². The quantitative estimate of drug-likeness (QED) is 0.733. The molecule has 5 heteroatoms. The van der Waals surface area contributed by atoms with E-state index < -0.39 is 6.04 Å². The van der Waals surface area contributed by atoms with E-state index in [-0.39, 0.29) is 24.3 Å². The summed E-state index contributed by atoms with van der Waals surface area (Å²) in [5.74, 6) is -0.296. The van der Waals surface area contributed by atoms with Gasteiger partial charge in [-0.25, -0.2) is 0 Å². The molecule has 1 heterocycles. The van der Waals surface area contributed by atoms with Crippen molar-refractivity contribution in [2.24, 2.45) is 5.73 Å². The van der Waals surface area contributed by atoms with Crippen LogP contribution in [0.15, 0.2) is 24.3 Å². The highest BCUT2D eigenvalue weighted by Gasteiger charge is 2.26. The van der Waals surface area contributed by atoms with Gasteiger partial charge in [-0.3, -0.25) is 9.59 Å². The maximum atomic E-state index is 11.9. The van der Waals surface area contributed by atoms with Crippen LogP contribution in [0.1, 0.15) is 30.0 Å². The molecule has 1 aromatic rings. The molecule has 2 rings (SSSR count). The summed E-state index contributed by atoms with van der Waals surface area (Å²) in [6.45, 7) is 2.59. The molecule has 4 N–H and O–H groups in total. The molecular formula is C14H19N3O2. The summed E-state index contributed by atoms with van der Waals surface area (Å²) < 4.78 is 0. The van der Waals surface area contributed by atoms with Crippen LogP contribution >= 0.6 is 0 Å². The van der Waals surface area contributed by atoms with Crippen molar-refractivity contribution in [3.63, 3.8) is 0 Å². The van der Waals surface area contributed by atoms with E-state index >= 15 is 0 Å². The Morgan fingerprint density at radius 1 is 1.53 bits per heavy atom. The molecule has 1 aromatic carbocycles. The minimum absolute atomic E-state index is 0.113. The first-order valence-corrected chi connectivity index (χ1v) is 6.46. The number of carbonyl (C=O) groups excluding carboxylic acids is 2. The fraction of sp³-hybridized carbons (Fsp3) is 0.429. The molecule has 19 heavy (non-hydrogen) atoms. The van der Waals surface area contributed by atoms with Crippen LogP contribution in [0.5, 0.6) is 0 Å². The number of nitrogens with two attached hydrogens (primary N) is 1. The molecule has 1 unspecified atom stereocenters. The first-order chi connectivity index (χ1) is 9.08. The summed E-state index contributed by atoms with van der Waals surface area (Å²) in [5, 5.41) is 5.40. The van der Waals surface area contributed by atoms with E-state index in [0.29, 0.717) is 13.0 Å².